The molecule has 6 heteroatoms. The number of imidazole rings is 1. The summed E-state index contributed by atoms with van der Waals surface area (Å²) in [5.41, 5.74) is 3.14. The van der Waals surface area contributed by atoms with Crippen molar-refractivity contribution in [3.63, 3.8) is 0 Å². The van der Waals surface area contributed by atoms with Crippen molar-refractivity contribution in [1.82, 2.24) is 14.4 Å². The van der Waals surface area contributed by atoms with Crippen molar-refractivity contribution in [1.29, 1.82) is 0 Å². The molecule has 1 saturated carbocycles. The van der Waals surface area contributed by atoms with Crippen molar-refractivity contribution in [3.05, 3.63) is 47.2 Å². The molecule has 0 aromatic carbocycles. The molecule has 4 rings (SSSR count). The fourth-order valence-electron chi connectivity index (χ4n) is 3.29. The molecular weight excluding hydrogens is 324 g/mol. The van der Waals surface area contributed by atoms with E-state index in [4.69, 9.17) is 16.6 Å². The van der Waals surface area contributed by atoms with E-state index in [1.807, 2.05) is 22.6 Å². The summed E-state index contributed by atoms with van der Waals surface area (Å²) in [5.74, 6) is 0.896. The van der Waals surface area contributed by atoms with Crippen molar-refractivity contribution in [2.75, 3.05) is 5.32 Å². The molecule has 5 nitrogen and oxygen atoms in total. The van der Waals surface area contributed by atoms with E-state index in [9.17, 15) is 5.11 Å². The van der Waals surface area contributed by atoms with Gasteiger partial charge in [0, 0.05) is 17.8 Å². The van der Waals surface area contributed by atoms with Gasteiger partial charge >= 0.3 is 0 Å². The summed E-state index contributed by atoms with van der Waals surface area (Å²) >= 11 is 6.22. The lowest BCUT2D eigenvalue weighted by Gasteiger charge is -2.13. The Labute approximate surface area is 145 Å². The van der Waals surface area contributed by atoms with Gasteiger partial charge in [0.15, 0.2) is 0 Å². The van der Waals surface area contributed by atoms with Gasteiger partial charge in [-0.25, -0.2) is 9.97 Å². The number of nitrogens with zero attached hydrogens (tertiary/aromatic N) is 3. The lowest BCUT2D eigenvalue weighted by molar-refractivity contribution is 0.282. The fourth-order valence-corrected chi connectivity index (χ4v) is 3.50. The SMILES string of the molecule is OCc1cc2ncc(-c3cccc(NC4CCCC4)n3)n2cc1Cl. The highest BCUT2D eigenvalue weighted by Gasteiger charge is 2.16. The maximum Gasteiger partial charge on any atom is 0.137 e. The topological polar surface area (TPSA) is 62.5 Å². The second-order valence-corrected chi connectivity index (χ2v) is 6.62. The van der Waals surface area contributed by atoms with Crippen LogP contribution in [-0.2, 0) is 6.61 Å². The van der Waals surface area contributed by atoms with Gasteiger partial charge in [0.2, 0.25) is 0 Å². The van der Waals surface area contributed by atoms with Crippen LogP contribution in [0.4, 0.5) is 5.82 Å². The number of hydrogen-bond acceptors (Lipinski definition) is 4. The largest absolute Gasteiger partial charge is 0.392 e. The van der Waals surface area contributed by atoms with E-state index in [1.54, 1.807) is 18.5 Å². The fraction of sp³-hybridized carbons (Fsp3) is 0.333. The molecular formula is C18H19ClN4O. The van der Waals surface area contributed by atoms with Crippen molar-refractivity contribution >= 4 is 23.1 Å². The normalized spacial score (nSPS) is 15.2. The molecule has 3 heterocycles. The highest BCUT2D eigenvalue weighted by Crippen LogP contribution is 2.26. The van der Waals surface area contributed by atoms with Gasteiger partial charge in [-0.15, -0.1) is 0 Å². The lowest BCUT2D eigenvalue weighted by atomic mass is 10.2. The first-order valence-corrected chi connectivity index (χ1v) is 8.63. The summed E-state index contributed by atoms with van der Waals surface area (Å²) in [4.78, 5) is 9.15. The molecule has 0 amide bonds. The molecule has 124 valence electrons. The van der Waals surface area contributed by atoms with Crippen LogP contribution in [-0.4, -0.2) is 25.5 Å². The Morgan fingerprint density at radius 3 is 2.92 bits per heavy atom. The number of anilines is 1. The lowest BCUT2D eigenvalue weighted by Crippen LogP contribution is -2.15. The van der Waals surface area contributed by atoms with E-state index in [0.717, 1.165) is 22.9 Å². The van der Waals surface area contributed by atoms with Crippen LogP contribution >= 0.6 is 11.6 Å². The van der Waals surface area contributed by atoms with Crippen LogP contribution in [0.1, 0.15) is 31.2 Å². The predicted molar refractivity (Wildman–Crippen MR) is 95.2 cm³/mol. The van der Waals surface area contributed by atoms with Crippen LogP contribution in [0.25, 0.3) is 17.0 Å². The smallest absolute Gasteiger partial charge is 0.137 e. The third-order valence-corrected chi connectivity index (χ3v) is 4.91. The molecule has 3 aromatic heterocycles. The molecule has 0 atom stereocenters. The Balaban J connectivity index is 1.70. The Hall–Kier alpha value is -2.11. The Bertz CT molecular complexity index is 871. The van der Waals surface area contributed by atoms with Crippen molar-refractivity contribution in [2.45, 2.75) is 38.3 Å². The zero-order chi connectivity index (χ0) is 16.5. The number of fused-ring (bicyclic) bond motifs is 1. The van der Waals surface area contributed by atoms with Gasteiger partial charge in [-0.05, 0) is 31.0 Å². The number of rotatable bonds is 4. The van der Waals surface area contributed by atoms with Crippen LogP contribution in [0, 0.1) is 0 Å². The number of nitrogens with one attached hydrogen (secondary N) is 1. The molecule has 2 N–H and O–H groups in total. The second kappa shape index (κ2) is 6.42. The zero-order valence-corrected chi connectivity index (χ0v) is 14.0. The first-order chi connectivity index (χ1) is 11.7. The number of aliphatic hydroxyl groups excluding tert-OH is 1. The van der Waals surface area contributed by atoms with E-state index in [2.05, 4.69) is 10.3 Å². The minimum atomic E-state index is -0.101. The van der Waals surface area contributed by atoms with E-state index in [-0.39, 0.29) is 6.61 Å². The average molecular weight is 343 g/mol. The number of halogens is 1. The number of aliphatic hydroxyl groups is 1. The second-order valence-electron chi connectivity index (χ2n) is 6.21. The quantitative estimate of drug-likeness (QED) is 0.755. The van der Waals surface area contributed by atoms with Crippen molar-refractivity contribution in [3.8, 4) is 11.4 Å². The first-order valence-electron chi connectivity index (χ1n) is 8.25. The van der Waals surface area contributed by atoms with Crippen LogP contribution < -0.4 is 5.32 Å². The van der Waals surface area contributed by atoms with Crippen molar-refractivity contribution < 1.29 is 5.11 Å². The van der Waals surface area contributed by atoms with E-state index < -0.39 is 0 Å². The summed E-state index contributed by atoms with van der Waals surface area (Å²) in [6.07, 6.45) is 8.56. The van der Waals surface area contributed by atoms with E-state index >= 15 is 0 Å². The monoisotopic (exact) mass is 342 g/mol. The maximum absolute atomic E-state index is 9.33. The van der Waals surface area contributed by atoms with Crippen molar-refractivity contribution in [2.24, 2.45) is 0 Å². The van der Waals surface area contributed by atoms with E-state index in [0.29, 0.717) is 16.6 Å². The molecule has 0 radical (unpaired) electrons. The van der Waals surface area contributed by atoms with Gasteiger partial charge in [0.05, 0.1) is 29.2 Å². The summed E-state index contributed by atoms with van der Waals surface area (Å²) < 4.78 is 1.91. The molecule has 24 heavy (non-hydrogen) atoms. The average Bonchev–Trinajstić information content (AvgIpc) is 3.23. The Kier molecular flexibility index (Phi) is 4.12. The highest BCUT2D eigenvalue weighted by atomic mass is 35.5. The number of aromatic nitrogens is 3. The van der Waals surface area contributed by atoms with Crippen LogP contribution in [0.15, 0.2) is 36.7 Å². The van der Waals surface area contributed by atoms with Gasteiger partial charge < -0.3 is 10.4 Å². The number of pyridine rings is 2. The molecule has 0 aliphatic heterocycles. The molecule has 0 unspecified atom stereocenters. The molecule has 0 saturated heterocycles. The minimum absolute atomic E-state index is 0.101. The maximum atomic E-state index is 9.33. The Morgan fingerprint density at radius 2 is 2.12 bits per heavy atom. The molecule has 3 aromatic rings. The molecule has 0 spiro atoms. The summed E-state index contributed by atoms with van der Waals surface area (Å²) in [7, 11) is 0. The number of hydrogen-bond donors (Lipinski definition) is 2. The summed E-state index contributed by atoms with van der Waals surface area (Å²) in [6, 6.07) is 8.30. The summed E-state index contributed by atoms with van der Waals surface area (Å²) in [5, 5.41) is 13.4. The Morgan fingerprint density at radius 1 is 1.29 bits per heavy atom. The molecule has 1 aliphatic carbocycles. The molecule has 0 bridgehead atoms. The van der Waals surface area contributed by atoms with Gasteiger partial charge in [0.1, 0.15) is 11.5 Å². The third-order valence-electron chi connectivity index (χ3n) is 4.57. The van der Waals surface area contributed by atoms with Crippen LogP contribution in [0.5, 0.6) is 0 Å². The predicted octanol–water partition coefficient (Wildman–Crippen LogP) is 3.90. The molecule has 1 aliphatic rings. The van der Waals surface area contributed by atoms with Crippen LogP contribution in [0.2, 0.25) is 5.02 Å². The minimum Gasteiger partial charge on any atom is -0.392 e. The van der Waals surface area contributed by atoms with Gasteiger partial charge in [-0.3, -0.25) is 4.40 Å². The standard InChI is InChI=1S/C18H19ClN4O/c19-14-10-23-16(9-20-18(23)8-12(14)11-24)15-6-3-7-17(22-15)21-13-4-1-2-5-13/h3,6-10,13,24H,1-2,4-5,11H2,(H,21,22). The van der Waals surface area contributed by atoms with Gasteiger partial charge in [-0.1, -0.05) is 30.5 Å². The van der Waals surface area contributed by atoms with Gasteiger partial charge in [0.25, 0.3) is 0 Å². The van der Waals surface area contributed by atoms with E-state index in [1.165, 1.54) is 25.7 Å². The third kappa shape index (κ3) is 2.85. The zero-order valence-electron chi connectivity index (χ0n) is 13.2. The van der Waals surface area contributed by atoms with Crippen LogP contribution in [0.3, 0.4) is 0 Å². The summed E-state index contributed by atoms with van der Waals surface area (Å²) in [6.45, 7) is -0.101. The van der Waals surface area contributed by atoms with Gasteiger partial charge in [-0.2, -0.15) is 0 Å². The molecule has 1 fully saturated rings. The first kappa shape index (κ1) is 15.4. The highest BCUT2D eigenvalue weighted by molar-refractivity contribution is 6.31.